The van der Waals surface area contributed by atoms with Gasteiger partial charge in [-0.1, -0.05) is 0 Å². The van der Waals surface area contributed by atoms with Crippen LogP contribution in [0.1, 0.15) is 0 Å². The van der Waals surface area contributed by atoms with E-state index in [1.165, 1.54) is 0 Å². The number of epoxide rings is 3. The van der Waals surface area contributed by atoms with E-state index in [9.17, 15) is 0 Å². The highest BCUT2D eigenvalue weighted by Crippen LogP contribution is 2.13. The predicted octanol–water partition coefficient (Wildman–Crippen LogP) is -0.399. The molecule has 6 nitrogen and oxygen atoms in total. The molecular formula is C12H20O6. The normalized spacial score (nSPS) is 34.3. The van der Waals surface area contributed by atoms with Gasteiger partial charge in [0, 0.05) is 0 Å². The lowest BCUT2D eigenvalue weighted by Gasteiger charge is -2.17. The lowest BCUT2D eigenvalue weighted by molar-refractivity contribution is -0.0661. The minimum absolute atomic E-state index is 0.0355. The molecule has 0 aliphatic carbocycles. The van der Waals surface area contributed by atoms with Crippen LogP contribution in [-0.4, -0.2) is 77.3 Å². The van der Waals surface area contributed by atoms with E-state index in [4.69, 9.17) is 28.4 Å². The summed E-state index contributed by atoms with van der Waals surface area (Å²) in [6.07, 6.45) is 0.814. The van der Waals surface area contributed by atoms with Gasteiger partial charge >= 0.3 is 0 Å². The summed E-state index contributed by atoms with van der Waals surface area (Å²) in [5, 5.41) is 0. The van der Waals surface area contributed by atoms with Crippen LogP contribution in [0.3, 0.4) is 0 Å². The van der Waals surface area contributed by atoms with Gasteiger partial charge in [-0.25, -0.2) is 0 Å². The van der Waals surface area contributed by atoms with Crippen molar-refractivity contribution in [2.75, 3.05) is 52.9 Å². The Morgan fingerprint density at radius 3 is 1.67 bits per heavy atom. The van der Waals surface area contributed by atoms with Crippen molar-refractivity contribution in [2.24, 2.45) is 0 Å². The van der Waals surface area contributed by atoms with E-state index < -0.39 is 0 Å². The van der Waals surface area contributed by atoms with Gasteiger partial charge in [-0.3, -0.25) is 0 Å². The molecule has 0 spiro atoms. The lowest BCUT2D eigenvalue weighted by atomic mass is 10.4. The molecule has 3 unspecified atom stereocenters. The van der Waals surface area contributed by atoms with Crippen LogP contribution in [0, 0.1) is 0 Å². The fraction of sp³-hybridized carbons (Fsp3) is 1.00. The smallest absolute Gasteiger partial charge is 0.104 e. The molecule has 104 valence electrons. The van der Waals surface area contributed by atoms with E-state index in [0.717, 1.165) is 19.8 Å². The van der Waals surface area contributed by atoms with Crippen LogP contribution in [0.5, 0.6) is 0 Å². The Kier molecular flexibility index (Phi) is 4.45. The number of ether oxygens (including phenoxy) is 6. The van der Waals surface area contributed by atoms with Crippen LogP contribution in [0.2, 0.25) is 0 Å². The van der Waals surface area contributed by atoms with Gasteiger partial charge in [-0.2, -0.15) is 0 Å². The molecule has 3 fully saturated rings. The van der Waals surface area contributed by atoms with E-state index in [0.29, 0.717) is 33.0 Å². The van der Waals surface area contributed by atoms with Crippen LogP contribution in [0.25, 0.3) is 0 Å². The summed E-state index contributed by atoms with van der Waals surface area (Å²) >= 11 is 0. The highest BCUT2D eigenvalue weighted by Gasteiger charge is 2.27. The largest absolute Gasteiger partial charge is 0.376 e. The van der Waals surface area contributed by atoms with Gasteiger partial charge in [0.1, 0.15) is 24.4 Å². The van der Waals surface area contributed by atoms with Crippen LogP contribution >= 0.6 is 0 Å². The van der Waals surface area contributed by atoms with Gasteiger partial charge in [0.2, 0.25) is 0 Å². The summed E-state index contributed by atoms with van der Waals surface area (Å²) in [7, 11) is 0. The molecule has 0 bridgehead atoms. The molecule has 3 saturated heterocycles. The minimum atomic E-state index is -0.0355. The van der Waals surface area contributed by atoms with Crippen molar-refractivity contribution in [1.29, 1.82) is 0 Å². The average Bonchev–Trinajstić information content (AvgIpc) is 3.23. The van der Waals surface area contributed by atoms with Crippen molar-refractivity contribution in [1.82, 2.24) is 0 Å². The molecule has 0 aromatic carbocycles. The van der Waals surface area contributed by atoms with Crippen molar-refractivity contribution in [3.63, 3.8) is 0 Å². The zero-order valence-corrected chi connectivity index (χ0v) is 10.4. The number of rotatable bonds is 11. The van der Waals surface area contributed by atoms with Crippen molar-refractivity contribution in [2.45, 2.75) is 24.4 Å². The number of hydrogen-bond acceptors (Lipinski definition) is 6. The van der Waals surface area contributed by atoms with Crippen molar-refractivity contribution >= 4 is 0 Å². The van der Waals surface area contributed by atoms with E-state index >= 15 is 0 Å². The monoisotopic (exact) mass is 260 g/mol. The zero-order valence-electron chi connectivity index (χ0n) is 10.4. The van der Waals surface area contributed by atoms with Gasteiger partial charge < -0.3 is 28.4 Å². The molecule has 0 aromatic rings. The van der Waals surface area contributed by atoms with Crippen molar-refractivity contribution in [3.05, 3.63) is 0 Å². The molecule has 0 N–H and O–H groups in total. The first-order valence-electron chi connectivity index (χ1n) is 6.52. The average molecular weight is 260 g/mol. The van der Waals surface area contributed by atoms with Crippen LogP contribution in [0.4, 0.5) is 0 Å². The van der Waals surface area contributed by atoms with E-state index in [1.807, 2.05) is 0 Å². The van der Waals surface area contributed by atoms with E-state index in [2.05, 4.69) is 0 Å². The first kappa shape index (κ1) is 12.8. The minimum Gasteiger partial charge on any atom is -0.376 e. The van der Waals surface area contributed by atoms with Gasteiger partial charge in [0.25, 0.3) is 0 Å². The highest BCUT2D eigenvalue weighted by atomic mass is 16.6. The summed E-state index contributed by atoms with van der Waals surface area (Å²) in [5.74, 6) is 0. The van der Waals surface area contributed by atoms with Crippen LogP contribution in [0.15, 0.2) is 0 Å². The molecule has 6 heteroatoms. The van der Waals surface area contributed by atoms with Crippen molar-refractivity contribution < 1.29 is 28.4 Å². The first-order chi connectivity index (χ1) is 8.90. The maximum Gasteiger partial charge on any atom is 0.104 e. The Hall–Kier alpha value is -0.240. The molecule has 3 heterocycles. The van der Waals surface area contributed by atoms with Crippen LogP contribution in [-0.2, 0) is 28.4 Å². The van der Waals surface area contributed by atoms with E-state index in [-0.39, 0.29) is 24.4 Å². The van der Waals surface area contributed by atoms with Gasteiger partial charge in [0.15, 0.2) is 0 Å². The Balaban J connectivity index is 1.28. The Morgan fingerprint density at radius 2 is 1.22 bits per heavy atom. The summed E-state index contributed by atoms with van der Waals surface area (Å²) in [6, 6.07) is 0. The molecule has 3 aliphatic rings. The summed E-state index contributed by atoms with van der Waals surface area (Å²) in [4.78, 5) is 0. The Bertz CT molecular complexity index is 231. The summed E-state index contributed by atoms with van der Waals surface area (Å²) < 4.78 is 32.1. The SMILES string of the molecule is C(OCC1CO1)C(COC[C@H]1CO1)OCC1CO1. The first-order valence-corrected chi connectivity index (χ1v) is 6.52. The third-order valence-electron chi connectivity index (χ3n) is 2.94. The molecule has 3 aliphatic heterocycles. The zero-order chi connectivity index (χ0) is 12.2. The quantitative estimate of drug-likeness (QED) is 0.471. The third-order valence-corrected chi connectivity index (χ3v) is 2.94. The Morgan fingerprint density at radius 1 is 0.778 bits per heavy atom. The molecule has 0 aromatic heterocycles. The predicted molar refractivity (Wildman–Crippen MR) is 60.6 cm³/mol. The second-order valence-corrected chi connectivity index (χ2v) is 4.90. The topological polar surface area (TPSA) is 65.3 Å². The van der Waals surface area contributed by atoms with E-state index in [1.54, 1.807) is 0 Å². The van der Waals surface area contributed by atoms with Crippen molar-refractivity contribution in [3.8, 4) is 0 Å². The van der Waals surface area contributed by atoms with Gasteiger partial charge in [0.05, 0.1) is 52.9 Å². The third kappa shape index (κ3) is 5.17. The second kappa shape index (κ2) is 6.27. The molecule has 4 atom stereocenters. The summed E-state index contributed by atoms with van der Waals surface area (Å²) in [5.41, 5.74) is 0. The van der Waals surface area contributed by atoms with Gasteiger partial charge in [-0.05, 0) is 0 Å². The highest BCUT2D eigenvalue weighted by molar-refractivity contribution is 4.72. The van der Waals surface area contributed by atoms with Gasteiger partial charge in [-0.15, -0.1) is 0 Å². The lowest BCUT2D eigenvalue weighted by Crippen LogP contribution is -2.28. The van der Waals surface area contributed by atoms with Crippen LogP contribution < -0.4 is 0 Å². The molecule has 18 heavy (non-hydrogen) atoms. The molecule has 0 amide bonds. The molecule has 0 saturated carbocycles. The maximum atomic E-state index is 5.71. The fourth-order valence-electron chi connectivity index (χ4n) is 1.54. The molecule has 3 rings (SSSR count). The molecular weight excluding hydrogens is 240 g/mol. The maximum absolute atomic E-state index is 5.71. The number of hydrogen-bond donors (Lipinski definition) is 0. The summed E-state index contributed by atoms with van der Waals surface area (Å²) in [6.45, 7) is 5.43. The standard InChI is InChI=1S/C12H20O6/c1(13-3-10-5-16-10)9(15-7-12-8-18-12)2-14-4-11-6-17-11/h9-12H,1-8H2/t9?,10-,11?,12?/m0/s1. The Labute approximate surface area is 106 Å². The fourth-order valence-corrected chi connectivity index (χ4v) is 1.54. The molecule has 0 radical (unpaired) electrons. The second-order valence-electron chi connectivity index (χ2n) is 4.90.